The Morgan fingerprint density at radius 1 is 1.35 bits per heavy atom. The summed E-state index contributed by atoms with van der Waals surface area (Å²) in [5.74, 6) is 0.160. The second-order valence-electron chi connectivity index (χ2n) is 4.60. The van der Waals surface area contributed by atoms with Crippen LogP contribution in [0, 0.1) is 0 Å². The molecule has 2 rings (SSSR count). The Labute approximate surface area is 118 Å². The fraction of sp³-hybridized carbons (Fsp3) is 0.357. The van der Waals surface area contributed by atoms with E-state index < -0.39 is 0 Å². The zero-order chi connectivity index (χ0) is 14.7. The first-order chi connectivity index (χ1) is 9.53. The Bertz CT molecular complexity index is 632. The van der Waals surface area contributed by atoms with Gasteiger partial charge >= 0.3 is 0 Å². The van der Waals surface area contributed by atoms with Gasteiger partial charge in [0.25, 0.3) is 5.91 Å². The van der Waals surface area contributed by atoms with Crippen LogP contribution in [0.2, 0.25) is 0 Å². The van der Waals surface area contributed by atoms with Gasteiger partial charge in [0.15, 0.2) is 0 Å². The van der Waals surface area contributed by atoms with Crippen LogP contribution in [0.1, 0.15) is 35.6 Å². The molecule has 2 aromatic heterocycles. The summed E-state index contributed by atoms with van der Waals surface area (Å²) in [7, 11) is 1.83. The minimum atomic E-state index is -0.198. The average molecular weight is 273 g/mol. The molecular weight excluding hydrogens is 254 g/mol. The number of nitrogen functional groups attached to an aromatic ring is 1. The van der Waals surface area contributed by atoms with Gasteiger partial charge in [0, 0.05) is 24.5 Å². The van der Waals surface area contributed by atoms with Crippen molar-refractivity contribution in [2.24, 2.45) is 7.05 Å². The number of nitrogens with one attached hydrogen (secondary N) is 1. The lowest BCUT2D eigenvalue weighted by molar-refractivity contribution is 0.102. The molecule has 0 saturated heterocycles. The van der Waals surface area contributed by atoms with Crippen molar-refractivity contribution < 1.29 is 4.79 Å². The topological polar surface area (TPSA) is 85.8 Å². The highest BCUT2D eigenvalue weighted by atomic mass is 16.1. The predicted octanol–water partition coefficient (Wildman–Crippen LogP) is 1.77. The molecular formula is C14H19N5O. The molecule has 0 aliphatic rings. The monoisotopic (exact) mass is 273 g/mol. The summed E-state index contributed by atoms with van der Waals surface area (Å²) in [6.07, 6.45) is 3.29. The number of hydrogen-bond donors (Lipinski definition) is 2. The highest BCUT2D eigenvalue weighted by molar-refractivity contribution is 6.04. The van der Waals surface area contributed by atoms with Crippen LogP contribution in [0.15, 0.2) is 18.3 Å². The van der Waals surface area contributed by atoms with Gasteiger partial charge in [-0.15, -0.1) is 0 Å². The van der Waals surface area contributed by atoms with Crippen molar-refractivity contribution in [3.8, 4) is 0 Å². The molecule has 20 heavy (non-hydrogen) atoms. The maximum atomic E-state index is 12.3. The minimum absolute atomic E-state index is 0.198. The first kappa shape index (κ1) is 14.0. The van der Waals surface area contributed by atoms with Gasteiger partial charge in [-0.2, -0.15) is 5.10 Å². The number of anilines is 2. The van der Waals surface area contributed by atoms with E-state index in [0.29, 0.717) is 11.4 Å². The summed E-state index contributed by atoms with van der Waals surface area (Å²) >= 11 is 0. The zero-order valence-corrected chi connectivity index (χ0v) is 12.0. The minimum Gasteiger partial charge on any atom is -0.384 e. The van der Waals surface area contributed by atoms with Crippen molar-refractivity contribution in [1.29, 1.82) is 0 Å². The lowest BCUT2D eigenvalue weighted by Gasteiger charge is -2.06. The number of carbonyl (C=O) groups excluding carboxylic acids is 1. The van der Waals surface area contributed by atoms with Gasteiger partial charge < -0.3 is 11.1 Å². The second kappa shape index (κ2) is 5.73. The second-order valence-corrected chi connectivity index (χ2v) is 4.60. The highest BCUT2D eigenvalue weighted by Gasteiger charge is 2.12. The molecule has 6 nitrogen and oxygen atoms in total. The van der Waals surface area contributed by atoms with E-state index in [2.05, 4.69) is 15.4 Å². The summed E-state index contributed by atoms with van der Waals surface area (Å²) in [6.45, 7) is 3.97. The molecule has 0 spiro atoms. The molecule has 0 radical (unpaired) electrons. The van der Waals surface area contributed by atoms with Crippen molar-refractivity contribution in [1.82, 2.24) is 14.8 Å². The maximum Gasteiger partial charge on any atom is 0.255 e. The summed E-state index contributed by atoms with van der Waals surface area (Å²) in [4.78, 5) is 16.4. The lowest BCUT2D eigenvalue weighted by Crippen LogP contribution is -2.14. The molecule has 0 fully saturated rings. The van der Waals surface area contributed by atoms with Gasteiger partial charge in [-0.1, -0.05) is 13.8 Å². The fourth-order valence-electron chi connectivity index (χ4n) is 2.02. The van der Waals surface area contributed by atoms with Gasteiger partial charge in [-0.05, 0) is 25.0 Å². The third-order valence-corrected chi connectivity index (χ3v) is 3.01. The Morgan fingerprint density at radius 2 is 2.10 bits per heavy atom. The van der Waals surface area contributed by atoms with Crippen LogP contribution >= 0.6 is 0 Å². The van der Waals surface area contributed by atoms with Crippen LogP contribution < -0.4 is 11.1 Å². The van der Waals surface area contributed by atoms with E-state index in [1.165, 1.54) is 0 Å². The molecule has 2 heterocycles. The number of pyridine rings is 1. The van der Waals surface area contributed by atoms with E-state index in [9.17, 15) is 4.79 Å². The number of nitrogens with two attached hydrogens (primary N) is 1. The SMILES string of the molecule is CCc1cc(C(=O)Nc2cn(C)nc2CC)cc(N)n1. The molecule has 106 valence electrons. The standard InChI is InChI=1S/C14H19N5O/c1-4-10-6-9(7-13(15)16-10)14(20)17-12-8-19(3)18-11(12)5-2/h6-8H,4-5H2,1-3H3,(H2,15,16)(H,17,20). The molecule has 0 aromatic carbocycles. The molecule has 1 amide bonds. The number of rotatable bonds is 4. The van der Waals surface area contributed by atoms with E-state index in [4.69, 9.17) is 5.73 Å². The van der Waals surface area contributed by atoms with E-state index in [1.807, 2.05) is 20.9 Å². The van der Waals surface area contributed by atoms with Gasteiger partial charge in [-0.25, -0.2) is 4.98 Å². The van der Waals surface area contributed by atoms with Crippen molar-refractivity contribution >= 4 is 17.4 Å². The Morgan fingerprint density at radius 3 is 2.75 bits per heavy atom. The molecule has 0 saturated carbocycles. The van der Waals surface area contributed by atoms with Crippen LogP contribution in [0.25, 0.3) is 0 Å². The number of aryl methyl sites for hydroxylation is 3. The van der Waals surface area contributed by atoms with E-state index in [-0.39, 0.29) is 5.91 Å². The van der Waals surface area contributed by atoms with E-state index in [1.54, 1.807) is 23.0 Å². The lowest BCUT2D eigenvalue weighted by atomic mass is 10.1. The van der Waals surface area contributed by atoms with Crippen molar-refractivity contribution in [2.45, 2.75) is 26.7 Å². The molecule has 6 heteroatoms. The smallest absolute Gasteiger partial charge is 0.255 e. The Kier molecular flexibility index (Phi) is 4.02. The molecule has 0 bridgehead atoms. The van der Waals surface area contributed by atoms with Crippen molar-refractivity contribution in [2.75, 3.05) is 11.1 Å². The average Bonchev–Trinajstić information content (AvgIpc) is 2.77. The molecule has 0 aliphatic carbocycles. The number of aromatic nitrogens is 3. The Balaban J connectivity index is 2.25. The summed E-state index contributed by atoms with van der Waals surface area (Å²) < 4.78 is 1.69. The van der Waals surface area contributed by atoms with E-state index >= 15 is 0 Å². The number of amides is 1. The predicted molar refractivity (Wildman–Crippen MR) is 78.6 cm³/mol. The normalized spacial score (nSPS) is 10.6. The third kappa shape index (κ3) is 2.96. The number of hydrogen-bond acceptors (Lipinski definition) is 4. The first-order valence-electron chi connectivity index (χ1n) is 6.63. The molecule has 0 aliphatic heterocycles. The van der Waals surface area contributed by atoms with Gasteiger partial charge in [-0.3, -0.25) is 9.48 Å². The summed E-state index contributed by atoms with van der Waals surface area (Å²) in [5.41, 5.74) is 8.63. The van der Waals surface area contributed by atoms with Crippen molar-refractivity contribution in [3.05, 3.63) is 35.3 Å². The molecule has 0 atom stereocenters. The number of carbonyl (C=O) groups is 1. The van der Waals surface area contributed by atoms with Gasteiger partial charge in [0.2, 0.25) is 0 Å². The van der Waals surface area contributed by atoms with Crippen LogP contribution in [-0.4, -0.2) is 20.7 Å². The maximum absolute atomic E-state index is 12.3. The van der Waals surface area contributed by atoms with Crippen LogP contribution in [-0.2, 0) is 19.9 Å². The summed E-state index contributed by atoms with van der Waals surface area (Å²) in [6, 6.07) is 3.34. The fourth-order valence-corrected chi connectivity index (χ4v) is 2.02. The number of nitrogens with zero attached hydrogens (tertiary/aromatic N) is 3. The van der Waals surface area contributed by atoms with Crippen LogP contribution in [0.3, 0.4) is 0 Å². The quantitative estimate of drug-likeness (QED) is 0.889. The highest BCUT2D eigenvalue weighted by Crippen LogP contribution is 2.16. The van der Waals surface area contributed by atoms with Crippen molar-refractivity contribution in [3.63, 3.8) is 0 Å². The van der Waals surface area contributed by atoms with Crippen LogP contribution in [0.4, 0.5) is 11.5 Å². The summed E-state index contributed by atoms with van der Waals surface area (Å²) in [5, 5.41) is 7.16. The third-order valence-electron chi connectivity index (χ3n) is 3.01. The molecule has 2 aromatic rings. The van der Waals surface area contributed by atoms with E-state index in [0.717, 1.165) is 29.9 Å². The largest absolute Gasteiger partial charge is 0.384 e. The zero-order valence-electron chi connectivity index (χ0n) is 12.0. The van der Waals surface area contributed by atoms with Gasteiger partial charge in [0.05, 0.1) is 11.4 Å². The molecule has 0 unspecified atom stereocenters. The first-order valence-corrected chi connectivity index (χ1v) is 6.63. The van der Waals surface area contributed by atoms with Crippen LogP contribution in [0.5, 0.6) is 0 Å². The molecule has 3 N–H and O–H groups in total. The Hall–Kier alpha value is -2.37. The van der Waals surface area contributed by atoms with Gasteiger partial charge in [0.1, 0.15) is 5.82 Å².